The summed E-state index contributed by atoms with van der Waals surface area (Å²) in [5.74, 6) is -0.227. The van der Waals surface area contributed by atoms with Crippen molar-refractivity contribution in [1.29, 1.82) is 0 Å². The summed E-state index contributed by atoms with van der Waals surface area (Å²) in [4.78, 5) is 6.52. The molecule has 2 aliphatic heterocycles. The molecule has 6 nitrogen and oxygen atoms in total. The Hall–Kier alpha value is -1.25. The second-order valence-corrected chi connectivity index (χ2v) is 7.14. The lowest BCUT2D eigenvalue weighted by molar-refractivity contribution is -0.0274. The van der Waals surface area contributed by atoms with Gasteiger partial charge in [0.25, 0.3) is 0 Å². The van der Waals surface area contributed by atoms with E-state index >= 15 is 0 Å². The minimum atomic E-state index is -0.688. The molecule has 0 aliphatic carbocycles. The van der Waals surface area contributed by atoms with Gasteiger partial charge in [-0.05, 0) is 38.4 Å². The van der Waals surface area contributed by atoms with Gasteiger partial charge < -0.3 is 24.7 Å². The number of halogens is 1. The van der Waals surface area contributed by atoms with E-state index in [1.54, 1.807) is 12.1 Å². The molecule has 0 amide bonds. The normalized spacial score (nSPS) is 31.0. The van der Waals surface area contributed by atoms with Gasteiger partial charge in [-0.2, -0.15) is 0 Å². The van der Waals surface area contributed by atoms with Gasteiger partial charge in [0, 0.05) is 38.4 Å². The van der Waals surface area contributed by atoms with Crippen molar-refractivity contribution in [3.8, 4) is 0 Å². The van der Waals surface area contributed by atoms with Gasteiger partial charge >= 0.3 is 0 Å². The van der Waals surface area contributed by atoms with Crippen LogP contribution in [0.5, 0.6) is 0 Å². The van der Waals surface area contributed by atoms with Crippen LogP contribution in [-0.2, 0) is 4.74 Å². The Bertz CT molecular complexity index is 549. The maximum Gasteiger partial charge on any atom is 0.123 e. The molecule has 0 bridgehead atoms. The first kappa shape index (κ1) is 18.5. The molecule has 7 heteroatoms. The third-order valence-corrected chi connectivity index (χ3v) is 5.11. The smallest absolute Gasteiger partial charge is 0.123 e. The van der Waals surface area contributed by atoms with Crippen molar-refractivity contribution >= 4 is 5.69 Å². The number of anilines is 1. The molecule has 2 N–H and O–H groups in total. The third-order valence-electron chi connectivity index (χ3n) is 5.11. The number of likely N-dealkylation sites (N-methyl/N-ethyl adjacent to an activating group) is 1. The lowest BCUT2D eigenvalue weighted by atomic mass is 10.0. The minimum Gasteiger partial charge on any atom is -0.394 e. The molecule has 25 heavy (non-hydrogen) atoms. The van der Waals surface area contributed by atoms with Crippen LogP contribution in [0.15, 0.2) is 24.3 Å². The van der Waals surface area contributed by atoms with Gasteiger partial charge in [-0.15, -0.1) is 0 Å². The molecule has 0 spiro atoms. The van der Waals surface area contributed by atoms with E-state index in [4.69, 9.17) is 4.74 Å². The monoisotopic (exact) mass is 353 g/mol. The summed E-state index contributed by atoms with van der Waals surface area (Å²) < 4.78 is 19.0. The molecule has 2 aliphatic rings. The molecule has 0 saturated carbocycles. The fourth-order valence-corrected chi connectivity index (χ4v) is 3.87. The van der Waals surface area contributed by atoms with Gasteiger partial charge in [0.05, 0.1) is 18.8 Å². The summed E-state index contributed by atoms with van der Waals surface area (Å²) in [6, 6.07) is 6.45. The van der Waals surface area contributed by atoms with E-state index in [2.05, 4.69) is 9.80 Å². The van der Waals surface area contributed by atoms with Crippen molar-refractivity contribution in [2.45, 2.75) is 24.4 Å². The zero-order chi connectivity index (χ0) is 18.0. The van der Waals surface area contributed by atoms with Crippen molar-refractivity contribution in [3.05, 3.63) is 30.1 Å². The molecule has 0 unspecified atom stereocenters. The zero-order valence-corrected chi connectivity index (χ0v) is 14.9. The van der Waals surface area contributed by atoms with Crippen LogP contribution in [0.2, 0.25) is 0 Å². The first-order valence-corrected chi connectivity index (χ1v) is 8.83. The van der Waals surface area contributed by atoms with Gasteiger partial charge in [0.15, 0.2) is 0 Å². The van der Waals surface area contributed by atoms with E-state index in [1.807, 2.05) is 19.0 Å². The fraction of sp³-hybridized carbons (Fsp3) is 0.667. The quantitative estimate of drug-likeness (QED) is 0.777. The maximum atomic E-state index is 13.1. The number of rotatable bonds is 5. The van der Waals surface area contributed by atoms with Gasteiger partial charge in [-0.1, -0.05) is 0 Å². The van der Waals surface area contributed by atoms with Crippen molar-refractivity contribution in [2.75, 3.05) is 58.3 Å². The molecule has 2 heterocycles. The number of benzene rings is 1. The standard InChI is InChI=1S/C18H28FN3O3/c1-20(2)11-15-17(18(24)16(12-23)25-15)22-9-7-21(8-10-22)14-5-3-13(19)4-6-14/h3-6,15-18,23-24H,7-12H2,1-2H3/t15-,16+,17+,18-/m1/s1. The summed E-state index contributed by atoms with van der Waals surface area (Å²) in [6.07, 6.45) is -1.34. The molecule has 1 aromatic carbocycles. The zero-order valence-electron chi connectivity index (χ0n) is 14.9. The van der Waals surface area contributed by atoms with Crippen molar-refractivity contribution in [2.24, 2.45) is 0 Å². The molecule has 0 aromatic heterocycles. The molecule has 0 radical (unpaired) electrons. The van der Waals surface area contributed by atoms with E-state index in [0.29, 0.717) is 6.54 Å². The third kappa shape index (κ3) is 4.12. The van der Waals surface area contributed by atoms with Crippen LogP contribution in [0.1, 0.15) is 0 Å². The van der Waals surface area contributed by atoms with Crippen LogP contribution in [0.4, 0.5) is 10.1 Å². The number of ether oxygens (including phenoxy) is 1. The summed E-state index contributed by atoms with van der Waals surface area (Å²) in [5.41, 5.74) is 1.02. The van der Waals surface area contributed by atoms with Gasteiger partial charge in [0.2, 0.25) is 0 Å². The molecule has 4 atom stereocenters. The predicted octanol–water partition coefficient (Wildman–Crippen LogP) is -0.00150. The van der Waals surface area contributed by atoms with Crippen LogP contribution in [-0.4, -0.2) is 97.8 Å². The van der Waals surface area contributed by atoms with Crippen molar-refractivity contribution < 1.29 is 19.3 Å². The van der Waals surface area contributed by atoms with Crippen LogP contribution >= 0.6 is 0 Å². The molecule has 2 fully saturated rings. The predicted molar refractivity (Wildman–Crippen MR) is 94.3 cm³/mol. The number of piperazine rings is 1. The van der Waals surface area contributed by atoms with Crippen LogP contribution in [0.3, 0.4) is 0 Å². The fourth-order valence-electron chi connectivity index (χ4n) is 3.87. The Labute approximate surface area is 148 Å². The van der Waals surface area contributed by atoms with E-state index < -0.39 is 12.2 Å². The Morgan fingerprint density at radius 3 is 2.32 bits per heavy atom. The van der Waals surface area contributed by atoms with Crippen molar-refractivity contribution in [1.82, 2.24) is 9.80 Å². The molecular weight excluding hydrogens is 325 g/mol. The average Bonchev–Trinajstić information content (AvgIpc) is 2.90. The average molecular weight is 353 g/mol. The highest BCUT2D eigenvalue weighted by atomic mass is 19.1. The van der Waals surface area contributed by atoms with Gasteiger partial charge in [-0.3, -0.25) is 4.90 Å². The lowest BCUT2D eigenvalue weighted by Crippen LogP contribution is -2.57. The van der Waals surface area contributed by atoms with E-state index in [9.17, 15) is 14.6 Å². The summed E-state index contributed by atoms with van der Waals surface area (Å²) in [7, 11) is 3.96. The number of hydrogen-bond donors (Lipinski definition) is 2. The number of aliphatic hydroxyl groups excluding tert-OH is 2. The summed E-state index contributed by atoms with van der Waals surface area (Å²) >= 11 is 0. The Kier molecular flexibility index (Phi) is 5.91. The highest BCUT2D eigenvalue weighted by Crippen LogP contribution is 2.28. The maximum absolute atomic E-state index is 13.1. The van der Waals surface area contributed by atoms with Gasteiger partial charge in [-0.25, -0.2) is 4.39 Å². The van der Waals surface area contributed by atoms with E-state index in [0.717, 1.165) is 31.9 Å². The summed E-state index contributed by atoms with van der Waals surface area (Å²) in [5, 5.41) is 20.1. The molecule has 3 rings (SSSR count). The molecular formula is C18H28FN3O3. The second-order valence-electron chi connectivity index (χ2n) is 7.14. The highest BCUT2D eigenvalue weighted by Gasteiger charge is 2.46. The van der Waals surface area contributed by atoms with Gasteiger partial charge in [0.1, 0.15) is 18.0 Å². The SMILES string of the molecule is CN(C)C[C@H]1O[C@@H](CO)[C@@H](O)[C@H]1N1CCN(c2ccc(F)cc2)CC1. The highest BCUT2D eigenvalue weighted by molar-refractivity contribution is 5.46. The Balaban J connectivity index is 1.64. The van der Waals surface area contributed by atoms with Crippen LogP contribution < -0.4 is 4.90 Å². The topological polar surface area (TPSA) is 59.4 Å². The van der Waals surface area contributed by atoms with Crippen LogP contribution in [0.25, 0.3) is 0 Å². The Morgan fingerprint density at radius 2 is 1.76 bits per heavy atom. The van der Waals surface area contributed by atoms with E-state index in [1.165, 1.54) is 12.1 Å². The number of hydrogen-bond acceptors (Lipinski definition) is 6. The second kappa shape index (κ2) is 7.97. The van der Waals surface area contributed by atoms with Crippen LogP contribution in [0, 0.1) is 5.82 Å². The largest absolute Gasteiger partial charge is 0.394 e. The molecule has 140 valence electrons. The van der Waals surface area contributed by atoms with E-state index in [-0.39, 0.29) is 24.6 Å². The molecule has 2 saturated heterocycles. The van der Waals surface area contributed by atoms with Crippen molar-refractivity contribution in [3.63, 3.8) is 0 Å². The number of aliphatic hydroxyl groups is 2. The molecule has 1 aromatic rings. The number of nitrogens with zero attached hydrogens (tertiary/aromatic N) is 3. The first-order chi connectivity index (χ1) is 12.0. The lowest BCUT2D eigenvalue weighted by Gasteiger charge is -2.41. The Morgan fingerprint density at radius 1 is 1.12 bits per heavy atom. The minimum absolute atomic E-state index is 0.116. The first-order valence-electron chi connectivity index (χ1n) is 8.83. The summed E-state index contributed by atoms with van der Waals surface area (Å²) in [6.45, 7) is 3.75.